The zero-order valence-corrected chi connectivity index (χ0v) is 11.4. The zero-order valence-electron chi connectivity index (χ0n) is 11.4. The molecule has 3 rings (SSSR count). The van der Waals surface area contributed by atoms with Crippen LogP contribution in [0.1, 0.15) is 19.4 Å². The lowest BCUT2D eigenvalue weighted by Gasteiger charge is -2.15. The normalized spacial score (nSPS) is 11.4. The summed E-state index contributed by atoms with van der Waals surface area (Å²) >= 11 is 0. The largest absolute Gasteiger partial charge is 0.297 e. The summed E-state index contributed by atoms with van der Waals surface area (Å²) in [4.78, 5) is 8.39. The van der Waals surface area contributed by atoms with Gasteiger partial charge in [0.1, 0.15) is 0 Å². The van der Waals surface area contributed by atoms with Crippen LogP contribution >= 0.6 is 0 Å². The van der Waals surface area contributed by atoms with Gasteiger partial charge in [-0.25, -0.2) is 4.98 Å². The Bertz CT molecular complexity index is 791. The van der Waals surface area contributed by atoms with Crippen molar-refractivity contribution in [3.8, 4) is 17.3 Å². The molecule has 0 saturated heterocycles. The highest BCUT2D eigenvalue weighted by Crippen LogP contribution is 2.26. The summed E-state index contributed by atoms with van der Waals surface area (Å²) in [6.45, 7) is 3.84. The van der Waals surface area contributed by atoms with Gasteiger partial charge in [0.25, 0.3) is 0 Å². The molecule has 3 aromatic rings. The van der Waals surface area contributed by atoms with Crippen molar-refractivity contribution >= 4 is 5.65 Å². The maximum absolute atomic E-state index is 9.17. The van der Waals surface area contributed by atoms with Gasteiger partial charge in [0.15, 0.2) is 5.65 Å². The number of hydrogen-bond acceptors (Lipinski definition) is 3. The number of fused-ring (bicyclic) bond motifs is 1. The Morgan fingerprint density at radius 1 is 1.15 bits per heavy atom. The van der Waals surface area contributed by atoms with E-state index in [2.05, 4.69) is 16.0 Å². The van der Waals surface area contributed by atoms with Gasteiger partial charge in [0.2, 0.25) is 0 Å². The van der Waals surface area contributed by atoms with E-state index in [1.807, 2.05) is 54.9 Å². The molecule has 0 aliphatic carbocycles. The molecule has 0 N–H and O–H groups in total. The average molecular weight is 262 g/mol. The van der Waals surface area contributed by atoms with E-state index in [-0.39, 0.29) is 0 Å². The van der Waals surface area contributed by atoms with Gasteiger partial charge in [-0.3, -0.25) is 9.38 Å². The molecule has 98 valence electrons. The molecule has 0 amide bonds. The van der Waals surface area contributed by atoms with Crippen molar-refractivity contribution in [3.63, 3.8) is 0 Å². The number of benzene rings is 1. The van der Waals surface area contributed by atoms with Crippen molar-refractivity contribution in [3.05, 3.63) is 54.6 Å². The molecule has 0 spiro atoms. The van der Waals surface area contributed by atoms with Crippen LogP contribution in [0.3, 0.4) is 0 Å². The van der Waals surface area contributed by atoms with Crippen LogP contribution in [-0.2, 0) is 5.41 Å². The second-order valence-corrected chi connectivity index (χ2v) is 5.26. The number of nitriles is 1. The second-order valence-electron chi connectivity index (χ2n) is 5.26. The molecule has 4 nitrogen and oxygen atoms in total. The number of aromatic nitrogens is 3. The van der Waals surface area contributed by atoms with Crippen LogP contribution in [-0.4, -0.2) is 14.4 Å². The lowest BCUT2D eigenvalue weighted by molar-refractivity contribution is 0.687. The molecule has 2 aromatic heterocycles. The number of rotatable bonds is 2. The van der Waals surface area contributed by atoms with Crippen molar-refractivity contribution in [1.29, 1.82) is 5.26 Å². The third kappa shape index (κ3) is 1.94. The van der Waals surface area contributed by atoms with E-state index >= 15 is 0 Å². The Morgan fingerprint density at radius 3 is 2.60 bits per heavy atom. The average Bonchev–Trinajstić information content (AvgIpc) is 2.91. The summed E-state index contributed by atoms with van der Waals surface area (Å²) in [5, 5.41) is 9.17. The first kappa shape index (κ1) is 12.4. The summed E-state index contributed by atoms with van der Waals surface area (Å²) in [7, 11) is 0. The molecule has 0 saturated carbocycles. The van der Waals surface area contributed by atoms with Crippen molar-refractivity contribution in [2.24, 2.45) is 0 Å². The van der Waals surface area contributed by atoms with Gasteiger partial charge in [-0.05, 0) is 19.4 Å². The van der Waals surface area contributed by atoms with Crippen LogP contribution in [0, 0.1) is 11.3 Å². The van der Waals surface area contributed by atoms with Crippen LogP contribution in [0.5, 0.6) is 0 Å². The first-order valence-corrected chi connectivity index (χ1v) is 6.41. The Balaban J connectivity index is 2.06. The number of nitrogens with zero attached hydrogens (tertiary/aromatic N) is 4. The summed E-state index contributed by atoms with van der Waals surface area (Å²) in [5.74, 6) is 0. The zero-order chi connectivity index (χ0) is 14.2. The third-order valence-electron chi connectivity index (χ3n) is 3.50. The van der Waals surface area contributed by atoms with Gasteiger partial charge in [-0.1, -0.05) is 24.3 Å². The highest BCUT2D eigenvalue weighted by Gasteiger charge is 2.19. The molecule has 0 aliphatic heterocycles. The summed E-state index contributed by atoms with van der Waals surface area (Å²) in [6.07, 6.45) is 7.20. The monoisotopic (exact) mass is 262 g/mol. The fourth-order valence-corrected chi connectivity index (χ4v) is 2.18. The van der Waals surface area contributed by atoms with Crippen LogP contribution in [0.4, 0.5) is 0 Å². The first-order valence-electron chi connectivity index (χ1n) is 6.41. The molecule has 4 heteroatoms. The van der Waals surface area contributed by atoms with E-state index in [1.54, 1.807) is 12.4 Å². The standard InChI is InChI=1S/C16H14N4/c1-16(2,11-17)13-5-3-12(4-6-13)14-9-19-15-10-18-7-8-20(14)15/h3-10H,1-2H3. The summed E-state index contributed by atoms with van der Waals surface area (Å²) < 4.78 is 2.00. The fourth-order valence-electron chi connectivity index (χ4n) is 2.18. The summed E-state index contributed by atoms with van der Waals surface area (Å²) in [5.41, 5.74) is 3.45. The van der Waals surface area contributed by atoms with Crippen molar-refractivity contribution in [2.45, 2.75) is 19.3 Å². The predicted octanol–water partition coefficient (Wildman–Crippen LogP) is 3.20. The summed E-state index contributed by atoms with van der Waals surface area (Å²) in [6, 6.07) is 10.4. The molecule has 0 bridgehead atoms. The Kier molecular flexibility index (Phi) is 2.76. The molecule has 0 atom stereocenters. The minimum atomic E-state index is -0.470. The molecule has 1 aromatic carbocycles. The quantitative estimate of drug-likeness (QED) is 0.712. The maximum atomic E-state index is 9.17. The fraction of sp³-hybridized carbons (Fsp3) is 0.188. The van der Waals surface area contributed by atoms with Crippen molar-refractivity contribution in [1.82, 2.24) is 14.4 Å². The van der Waals surface area contributed by atoms with E-state index in [0.29, 0.717) is 0 Å². The maximum Gasteiger partial charge on any atom is 0.155 e. The minimum Gasteiger partial charge on any atom is -0.297 e. The molecule has 0 radical (unpaired) electrons. The number of imidazole rings is 1. The van der Waals surface area contributed by atoms with Crippen LogP contribution < -0.4 is 0 Å². The van der Waals surface area contributed by atoms with E-state index in [0.717, 1.165) is 22.5 Å². The number of hydrogen-bond donors (Lipinski definition) is 0. The molecule has 0 fully saturated rings. The Labute approximate surface area is 117 Å². The van der Waals surface area contributed by atoms with E-state index in [4.69, 9.17) is 0 Å². The van der Waals surface area contributed by atoms with Crippen LogP contribution in [0.2, 0.25) is 0 Å². The van der Waals surface area contributed by atoms with Gasteiger partial charge in [-0.15, -0.1) is 0 Å². The van der Waals surface area contributed by atoms with Crippen molar-refractivity contribution in [2.75, 3.05) is 0 Å². The first-order chi connectivity index (χ1) is 9.62. The third-order valence-corrected chi connectivity index (χ3v) is 3.50. The highest BCUT2D eigenvalue weighted by atomic mass is 15.0. The van der Waals surface area contributed by atoms with Crippen LogP contribution in [0.15, 0.2) is 49.1 Å². The molecule has 2 heterocycles. The lowest BCUT2D eigenvalue weighted by Crippen LogP contribution is -2.13. The minimum absolute atomic E-state index is 0.470. The Morgan fingerprint density at radius 2 is 1.90 bits per heavy atom. The molecule has 20 heavy (non-hydrogen) atoms. The lowest BCUT2D eigenvalue weighted by atomic mass is 9.86. The van der Waals surface area contributed by atoms with Gasteiger partial charge < -0.3 is 0 Å². The highest BCUT2D eigenvalue weighted by molar-refractivity contribution is 5.63. The SMILES string of the molecule is CC(C)(C#N)c1ccc(-c2cnc3cnccn23)cc1. The topological polar surface area (TPSA) is 54.0 Å². The van der Waals surface area contributed by atoms with E-state index in [9.17, 15) is 5.26 Å². The van der Waals surface area contributed by atoms with Gasteiger partial charge in [-0.2, -0.15) is 5.26 Å². The Hall–Kier alpha value is -2.67. The molecular formula is C16H14N4. The van der Waals surface area contributed by atoms with Crippen molar-refractivity contribution < 1.29 is 0 Å². The molecular weight excluding hydrogens is 248 g/mol. The van der Waals surface area contributed by atoms with Gasteiger partial charge >= 0.3 is 0 Å². The second kappa shape index (κ2) is 4.46. The van der Waals surface area contributed by atoms with Crippen LogP contribution in [0.25, 0.3) is 16.9 Å². The molecule has 0 unspecified atom stereocenters. The van der Waals surface area contributed by atoms with Gasteiger partial charge in [0, 0.05) is 18.0 Å². The predicted molar refractivity (Wildman–Crippen MR) is 77.1 cm³/mol. The molecule has 0 aliphatic rings. The smallest absolute Gasteiger partial charge is 0.155 e. The van der Waals surface area contributed by atoms with Gasteiger partial charge in [0.05, 0.1) is 29.6 Å². The van der Waals surface area contributed by atoms with E-state index < -0.39 is 5.41 Å². The van der Waals surface area contributed by atoms with E-state index in [1.165, 1.54) is 0 Å².